The maximum Gasteiger partial charge on any atom is 0.407 e. The fraction of sp³-hybridized carbons (Fsp3) is 0.722. The van der Waals surface area contributed by atoms with E-state index in [0.717, 1.165) is 4.91 Å². The van der Waals surface area contributed by atoms with Crippen molar-refractivity contribution < 1.29 is 13.7 Å². The predicted molar refractivity (Wildman–Crippen MR) is 96.6 cm³/mol. The number of hydrogen-bond acceptors (Lipinski definition) is 3. The van der Waals surface area contributed by atoms with Gasteiger partial charge in [-0.15, -0.1) is 0 Å². The van der Waals surface area contributed by atoms with Gasteiger partial charge in [0.05, 0.1) is 10.8 Å². The van der Waals surface area contributed by atoms with Gasteiger partial charge in [-0.25, -0.2) is 4.79 Å². The van der Waals surface area contributed by atoms with Crippen molar-refractivity contribution in [1.29, 1.82) is 0 Å². The van der Waals surface area contributed by atoms with Crippen LogP contribution in [0.25, 0.3) is 0 Å². The molecule has 0 radical (unpaired) electrons. The summed E-state index contributed by atoms with van der Waals surface area (Å²) in [7, 11) is -1.11. The number of rotatable bonds is 4. The predicted octanol–water partition coefficient (Wildman–Crippen LogP) is 4.15. The third-order valence-corrected chi connectivity index (χ3v) is 5.42. The van der Waals surface area contributed by atoms with Crippen molar-refractivity contribution in [3.63, 3.8) is 0 Å². The van der Waals surface area contributed by atoms with E-state index in [4.69, 9.17) is 4.74 Å². The summed E-state index contributed by atoms with van der Waals surface area (Å²) in [6.07, 6.45) is 5.42. The van der Waals surface area contributed by atoms with Gasteiger partial charge in [0, 0.05) is 21.6 Å². The lowest BCUT2D eigenvalue weighted by molar-refractivity contribution is 0.0481. The summed E-state index contributed by atoms with van der Waals surface area (Å²) in [5.41, 5.74) is -0.538. The minimum atomic E-state index is -1.11. The third kappa shape index (κ3) is 5.79. The van der Waals surface area contributed by atoms with Crippen molar-refractivity contribution in [2.24, 2.45) is 11.8 Å². The molecule has 0 fully saturated rings. The molecule has 4 nitrogen and oxygen atoms in total. The minimum Gasteiger partial charge on any atom is -0.444 e. The van der Waals surface area contributed by atoms with Gasteiger partial charge in [0.1, 0.15) is 5.60 Å². The lowest BCUT2D eigenvalue weighted by atomic mass is 9.91. The van der Waals surface area contributed by atoms with Crippen LogP contribution in [-0.4, -0.2) is 26.7 Å². The molecule has 0 saturated heterocycles. The van der Waals surface area contributed by atoms with Crippen LogP contribution in [0.15, 0.2) is 23.1 Å². The number of ether oxygens (including phenoxy) is 1. The third-order valence-electron chi connectivity index (χ3n) is 3.47. The molecule has 5 heteroatoms. The first kappa shape index (κ1) is 19.9. The van der Waals surface area contributed by atoms with Crippen LogP contribution < -0.4 is 5.32 Å². The minimum absolute atomic E-state index is 0.0671. The van der Waals surface area contributed by atoms with E-state index >= 15 is 0 Å². The van der Waals surface area contributed by atoms with Crippen molar-refractivity contribution in [2.75, 3.05) is 0 Å². The molecular formula is C18H31NO3S. The molecule has 1 N–H and O–H groups in total. The van der Waals surface area contributed by atoms with Crippen LogP contribution >= 0.6 is 0 Å². The standard InChI is InChI=1S/C18H31NO3S/c1-12(2)15(19-16(20)22-17(3,4)5)13-10-9-11-14(13)23(21)18(6,7)8/h9-13,15H,1-8H3,(H,19,20)/t13?,15-,23?/m0/s1. The molecule has 2 unspecified atom stereocenters. The normalized spacial score (nSPS) is 21.1. The van der Waals surface area contributed by atoms with E-state index < -0.39 is 22.5 Å². The molecule has 1 aliphatic carbocycles. The number of allylic oxidation sites excluding steroid dienone is 2. The highest BCUT2D eigenvalue weighted by Crippen LogP contribution is 2.33. The first-order valence-electron chi connectivity index (χ1n) is 8.12. The van der Waals surface area contributed by atoms with Crippen molar-refractivity contribution in [3.05, 3.63) is 23.1 Å². The van der Waals surface area contributed by atoms with Gasteiger partial charge in [-0.05, 0) is 53.5 Å². The molecule has 1 amide bonds. The molecule has 0 saturated carbocycles. The van der Waals surface area contributed by atoms with Crippen molar-refractivity contribution in [3.8, 4) is 0 Å². The maximum absolute atomic E-state index is 12.8. The second kappa shape index (κ2) is 7.20. The highest BCUT2D eigenvalue weighted by atomic mass is 32.2. The molecule has 0 aliphatic heterocycles. The molecule has 0 spiro atoms. The molecule has 1 aliphatic rings. The molecule has 3 atom stereocenters. The molecule has 23 heavy (non-hydrogen) atoms. The van der Waals surface area contributed by atoms with Crippen LogP contribution in [0, 0.1) is 11.8 Å². The zero-order valence-electron chi connectivity index (χ0n) is 15.6. The summed E-state index contributed by atoms with van der Waals surface area (Å²) in [5, 5.41) is 2.96. The van der Waals surface area contributed by atoms with E-state index in [-0.39, 0.29) is 22.6 Å². The van der Waals surface area contributed by atoms with Crippen LogP contribution in [0.2, 0.25) is 0 Å². The van der Waals surface area contributed by atoms with Crippen molar-refractivity contribution in [2.45, 2.75) is 71.8 Å². The smallest absolute Gasteiger partial charge is 0.407 e. The Hall–Kier alpha value is -1.10. The quantitative estimate of drug-likeness (QED) is 0.835. The van der Waals surface area contributed by atoms with Crippen molar-refractivity contribution in [1.82, 2.24) is 5.32 Å². The molecule has 132 valence electrons. The average molecular weight is 342 g/mol. The topological polar surface area (TPSA) is 55.4 Å². The number of hydrogen-bond donors (Lipinski definition) is 1. The Morgan fingerprint density at radius 2 is 1.78 bits per heavy atom. The van der Waals surface area contributed by atoms with Gasteiger partial charge in [0.15, 0.2) is 0 Å². The summed E-state index contributed by atoms with van der Waals surface area (Å²) in [6, 6.07) is -0.152. The van der Waals surface area contributed by atoms with Crippen LogP contribution in [-0.2, 0) is 15.5 Å². The van der Waals surface area contributed by atoms with Crippen LogP contribution in [0.5, 0.6) is 0 Å². The Morgan fingerprint density at radius 1 is 1.22 bits per heavy atom. The van der Waals surface area contributed by atoms with Crippen LogP contribution in [0.1, 0.15) is 55.4 Å². The average Bonchev–Trinajstić information content (AvgIpc) is 2.79. The summed E-state index contributed by atoms with van der Waals surface area (Å²) in [6.45, 7) is 15.5. The number of carbonyl (C=O) groups excluding carboxylic acids is 1. The highest BCUT2D eigenvalue weighted by Gasteiger charge is 2.36. The van der Waals surface area contributed by atoms with E-state index in [1.807, 2.05) is 73.6 Å². The number of amides is 1. The van der Waals surface area contributed by atoms with E-state index in [9.17, 15) is 9.00 Å². The molecule has 0 aromatic carbocycles. The summed E-state index contributed by atoms with van der Waals surface area (Å²) in [5.74, 6) is 0.123. The first-order valence-corrected chi connectivity index (χ1v) is 9.27. The number of nitrogens with one attached hydrogen (secondary N) is 1. The van der Waals surface area contributed by atoms with Gasteiger partial charge >= 0.3 is 6.09 Å². The Balaban J connectivity index is 2.94. The molecule has 0 aromatic heterocycles. The monoisotopic (exact) mass is 341 g/mol. The molecule has 0 heterocycles. The van der Waals surface area contributed by atoms with E-state index in [1.165, 1.54) is 0 Å². The van der Waals surface area contributed by atoms with Gasteiger partial charge < -0.3 is 10.1 Å². The van der Waals surface area contributed by atoms with Crippen molar-refractivity contribution >= 4 is 16.9 Å². The molecule has 0 bridgehead atoms. The van der Waals surface area contributed by atoms with Gasteiger partial charge in [-0.3, -0.25) is 4.21 Å². The fourth-order valence-corrected chi connectivity index (χ4v) is 3.81. The molecule has 1 rings (SSSR count). The van der Waals surface area contributed by atoms with Crippen LogP contribution in [0.4, 0.5) is 4.79 Å². The van der Waals surface area contributed by atoms with Gasteiger partial charge in [0.2, 0.25) is 0 Å². The SMILES string of the molecule is CC(C)[C@H](NC(=O)OC(C)(C)C)C1C=CC=C1S(=O)C(C)(C)C. The zero-order chi connectivity index (χ0) is 18.0. The summed E-state index contributed by atoms with van der Waals surface area (Å²) >= 11 is 0. The number of alkyl carbamates (subject to hydrolysis) is 1. The Kier molecular flexibility index (Phi) is 6.25. The van der Waals surface area contributed by atoms with Gasteiger partial charge in [-0.1, -0.05) is 26.0 Å². The Labute approximate surface area is 143 Å². The largest absolute Gasteiger partial charge is 0.444 e. The Bertz CT molecular complexity index is 521. The lowest BCUT2D eigenvalue weighted by Crippen LogP contribution is -2.46. The summed E-state index contributed by atoms with van der Waals surface area (Å²) < 4.78 is 17.8. The Morgan fingerprint density at radius 3 is 2.22 bits per heavy atom. The maximum atomic E-state index is 12.8. The summed E-state index contributed by atoms with van der Waals surface area (Å²) in [4.78, 5) is 13.0. The number of carbonyl (C=O) groups is 1. The fourth-order valence-electron chi connectivity index (χ4n) is 2.43. The van der Waals surface area contributed by atoms with E-state index in [2.05, 4.69) is 5.32 Å². The lowest BCUT2D eigenvalue weighted by Gasteiger charge is -2.32. The van der Waals surface area contributed by atoms with E-state index in [0.29, 0.717) is 0 Å². The van der Waals surface area contributed by atoms with Gasteiger partial charge in [-0.2, -0.15) is 0 Å². The van der Waals surface area contributed by atoms with Gasteiger partial charge in [0.25, 0.3) is 0 Å². The first-order chi connectivity index (χ1) is 10.3. The second-order valence-electron chi connectivity index (χ2n) is 8.28. The molecule has 0 aromatic rings. The second-order valence-corrected chi connectivity index (χ2v) is 10.5. The zero-order valence-corrected chi connectivity index (χ0v) is 16.4. The van der Waals surface area contributed by atoms with E-state index in [1.54, 1.807) is 0 Å². The molecular weight excluding hydrogens is 310 g/mol. The van der Waals surface area contributed by atoms with Crippen LogP contribution in [0.3, 0.4) is 0 Å². The highest BCUT2D eigenvalue weighted by molar-refractivity contribution is 7.90.